The number of piperidine rings is 1. The highest BCUT2D eigenvalue weighted by atomic mass is 16.5. The van der Waals surface area contributed by atoms with Gasteiger partial charge in [0.25, 0.3) is 0 Å². The largest absolute Gasteiger partial charge is 0.339 e. The highest BCUT2D eigenvalue weighted by Gasteiger charge is 2.18. The summed E-state index contributed by atoms with van der Waals surface area (Å²) in [6, 6.07) is 4.21. The van der Waals surface area contributed by atoms with Crippen molar-refractivity contribution in [3.05, 3.63) is 24.2 Å². The highest BCUT2D eigenvalue weighted by molar-refractivity contribution is 5.46. The van der Waals surface area contributed by atoms with Crippen LogP contribution < -0.4 is 0 Å². The number of rotatable bonds is 5. The summed E-state index contributed by atoms with van der Waals surface area (Å²) >= 11 is 0. The molecular weight excluding hydrogens is 266 g/mol. The van der Waals surface area contributed by atoms with E-state index in [0.29, 0.717) is 23.5 Å². The van der Waals surface area contributed by atoms with Crippen molar-refractivity contribution in [2.45, 2.75) is 45.1 Å². The van der Waals surface area contributed by atoms with Gasteiger partial charge in [0, 0.05) is 18.7 Å². The van der Waals surface area contributed by atoms with E-state index in [1.807, 2.05) is 12.1 Å². The Morgan fingerprint density at radius 2 is 2.14 bits per heavy atom. The molecule has 0 bridgehead atoms. The predicted octanol–water partition coefficient (Wildman–Crippen LogP) is 2.33. The number of nitrogens with zero attached hydrogens (tertiary/aromatic N) is 5. The summed E-state index contributed by atoms with van der Waals surface area (Å²) < 4.78 is 5.31. The van der Waals surface area contributed by atoms with Gasteiger partial charge in [-0.1, -0.05) is 11.6 Å². The van der Waals surface area contributed by atoms with Gasteiger partial charge in [-0.15, -0.1) is 5.10 Å². The fourth-order valence-corrected chi connectivity index (χ4v) is 2.76. The monoisotopic (exact) mass is 287 g/mol. The van der Waals surface area contributed by atoms with Crippen LogP contribution in [0.5, 0.6) is 0 Å². The third-order valence-corrected chi connectivity index (χ3v) is 4.06. The van der Waals surface area contributed by atoms with Gasteiger partial charge in [-0.05, 0) is 51.4 Å². The minimum absolute atomic E-state index is 0.517. The molecule has 1 aliphatic heterocycles. The third-order valence-electron chi connectivity index (χ3n) is 4.06. The van der Waals surface area contributed by atoms with Crippen molar-refractivity contribution in [1.29, 1.82) is 0 Å². The smallest absolute Gasteiger partial charge is 0.227 e. The minimum atomic E-state index is 0.517. The maximum Gasteiger partial charge on any atom is 0.227 e. The van der Waals surface area contributed by atoms with E-state index in [2.05, 4.69) is 32.2 Å². The van der Waals surface area contributed by atoms with Gasteiger partial charge in [0.1, 0.15) is 5.69 Å². The summed E-state index contributed by atoms with van der Waals surface area (Å²) in [5.74, 6) is 1.20. The van der Waals surface area contributed by atoms with E-state index < -0.39 is 0 Å². The number of likely N-dealkylation sites (tertiary alicyclic amines) is 1. The van der Waals surface area contributed by atoms with Crippen molar-refractivity contribution in [2.75, 3.05) is 13.1 Å². The van der Waals surface area contributed by atoms with E-state index in [0.717, 1.165) is 12.8 Å². The second kappa shape index (κ2) is 6.76. The average Bonchev–Trinajstić information content (AvgIpc) is 3.03. The molecule has 0 radical (unpaired) electrons. The van der Waals surface area contributed by atoms with Crippen molar-refractivity contribution in [3.8, 4) is 11.5 Å². The molecule has 1 aliphatic rings. The SMILES string of the molecule is C[C@H](CCc1nc(-c2cccnn2)no1)N1CCCCC1. The van der Waals surface area contributed by atoms with Crippen LogP contribution in [-0.4, -0.2) is 44.4 Å². The van der Waals surface area contributed by atoms with Crippen molar-refractivity contribution in [2.24, 2.45) is 0 Å². The molecule has 1 saturated heterocycles. The number of hydrogen-bond acceptors (Lipinski definition) is 6. The Labute approximate surface area is 124 Å². The summed E-state index contributed by atoms with van der Waals surface area (Å²) in [6.07, 6.45) is 7.50. The van der Waals surface area contributed by atoms with E-state index >= 15 is 0 Å². The molecule has 0 N–H and O–H groups in total. The molecule has 2 aromatic heterocycles. The molecule has 2 aromatic rings. The average molecular weight is 287 g/mol. The highest BCUT2D eigenvalue weighted by Crippen LogP contribution is 2.17. The summed E-state index contributed by atoms with van der Waals surface area (Å²) in [7, 11) is 0. The zero-order valence-corrected chi connectivity index (χ0v) is 12.4. The molecule has 1 atom stereocenters. The van der Waals surface area contributed by atoms with Crippen LogP contribution in [0.25, 0.3) is 11.5 Å². The summed E-state index contributed by atoms with van der Waals surface area (Å²) in [4.78, 5) is 6.96. The lowest BCUT2D eigenvalue weighted by Gasteiger charge is -2.32. The number of aromatic nitrogens is 4. The first-order valence-corrected chi connectivity index (χ1v) is 7.67. The van der Waals surface area contributed by atoms with Crippen LogP contribution in [0.3, 0.4) is 0 Å². The first-order chi connectivity index (χ1) is 10.3. The first-order valence-electron chi connectivity index (χ1n) is 7.67. The van der Waals surface area contributed by atoms with Crippen LogP contribution in [-0.2, 0) is 6.42 Å². The maximum atomic E-state index is 5.31. The zero-order chi connectivity index (χ0) is 14.5. The summed E-state index contributed by atoms with van der Waals surface area (Å²) in [5.41, 5.74) is 0.650. The Morgan fingerprint density at radius 3 is 2.90 bits per heavy atom. The molecule has 3 heterocycles. The molecular formula is C15H21N5O. The molecule has 0 aliphatic carbocycles. The molecule has 0 spiro atoms. The Kier molecular flexibility index (Phi) is 4.55. The third kappa shape index (κ3) is 3.64. The number of aryl methyl sites for hydroxylation is 1. The second-order valence-electron chi connectivity index (χ2n) is 5.60. The van der Waals surface area contributed by atoms with Gasteiger partial charge >= 0.3 is 0 Å². The molecule has 112 valence electrons. The van der Waals surface area contributed by atoms with Gasteiger partial charge in [-0.2, -0.15) is 10.1 Å². The van der Waals surface area contributed by atoms with E-state index in [1.54, 1.807) is 6.20 Å². The van der Waals surface area contributed by atoms with Crippen molar-refractivity contribution < 1.29 is 4.52 Å². The minimum Gasteiger partial charge on any atom is -0.339 e. The van der Waals surface area contributed by atoms with Crippen LogP contribution in [0.1, 0.15) is 38.5 Å². The van der Waals surface area contributed by atoms with Crippen LogP contribution in [0.2, 0.25) is 0 Å². The van der Waals surface area contributed by atoms with Crippen LogP contribution in [0, 0.1) is 0 Å². The van der Waals surface area contributed by atoms with Gasteiger partial charge in [-0.25, -0.2) is 0 Å². The Balaban J connectivity index is 1.55. The first kappa shape index (κ1) is 14.1. The van der Waals surface area contributed by atoms with Gasteiger partial charge in [-0.3, -0.25) is 0 Å². The quantitative estimate of drug-likeness (QED) is 0.840. The van der Waals surface area contributed by atoms with E-state index in [-0.39, 0.29) is 0 Å². The van der Waals surface area contributed by atoms with Gasteiger partial charge in [0.2, 0.25) is 11.7 Å². The molecule has 6 nitrogen and oxygen atoms in total. The second-order valence-corrected chi connectivity index (χ2v) is 5.60. The van der Waals surface area contributed by atoms with Crippen molar-refractivity contribution >= 4 is 0 Å². The molecule has 21 heavy (non-hydrogen) atoms. The lowest BCUT2D eigenvalue weighted by molar-refractivity contribution is 0.164. The van der Waals surface area contributed by atoms with Gasteiger partial charge in [0.15, 0.2) is 0 Å². The maximum absolute atomic E-state index is 5.31. The Hall–Kier alpha value is -1.82. The molecule has 0 aromatic carbocycles. The lowest BCUT2D eigenvalue weighted by Crippen LogP contribution is -2.37. The van der Waals surface area contributed by atoms with E-state index in [1.165, 1.54) is 32.4 Å². The van der Waals surface area contributed by atoms with Crippen LogP contribution in [0.4, 0.5) is 0 Å². The topological polar surface area (TPSA) is 67.9 Å². The molecule has 0 saturated carbocycles. The molecule has 1 fully saturated rings. The molecule has 0 unspecified atom stereocenters. The summed E-state index contributed by atoms with van der Waals surface area (Å²) in [5, 5.41) is 11.8. The predicted molar refractivity (Wildman–Crippen MR) is 78.5 cm³/mol. The van der Waals surface area contributed by atoms with Gasteiger partial charge < -0.3 is 9.42 Å². The number of hydrogen-bond donors (Lipinski definition) is 0. The fourth-order valence-electron chi connectivity index (χ4n) is 2.76. The van der Waals surface area contributed by atoms with Crippen molar-refractivity contribution in [3.63, 3.8) is 0 Å². The normalized spacial score (nSPS) is 17.8. The fraction of sp³-hybridized carbons (Fsp3) is 0.600. The van der Waals surface area contributed by atoms with Crippen LogP contribution in [0.15, 0.2) is 22.9 Å². The molecule has 3 rings (SSSR count). The molecule has 6 heteroatoms. The van der Waals surface area contributed by atoms with Gasteiger partial charge in [0.05, 0.1) is 0 Å². The van der Waals surface area contributed by atoms with E-state index in [4.69, 9.17) is 4.52 Å². The summed E-state index contributed by atoms with van der Waals surface area (Å²) in [6.45, 7) is 4.72. The van der Waals surface area contributed by atoms with E-state index in [9.17, 15) is 0 Å². The van der Waals surface area contributed by atoms with Crippen LogP contribution >= 0.6 is 0 Å². The Morgan fingerprint density at radius 1 is 1.29 bits per heavy atom. The zero-order valence-electron chi connectivity index (χ0n) is 12.4. The lowest BCUT2D eigenvalue weighted by atomic mass is 10.1. The molecule has 0 amide bonds. The van der Waals surface area contributed by atoms with Crippen molar-refractivity contribution in [1.82, 2.24) is 25.2 Å². The standard InChI is InChI=1S/C15H21N5O/c1-12(20-10-3-2-4-11-20)7-8-14-17-15(19-21-14)13-6-5-9-16-18-13/h5-6,9,12H,2-4,7-8,10-11H2,1H3/t12-/m1/s1. The Bertz CT molecular complexity index is 550.